The van der Waals surface area contributed by atoms with Gasteiger partial charge in [0.15, 0.2) is 5.78 Å². The zero-order chi connectivity index (χ0) is 26.4. The lowest BCUT2D eigenvalue weighted by atomic mass is 9.75. The third-order valence-electron chi connectivity index (χ3n) is 8.28. The van der Waals surface area contributed by atoms with Gasteiger partial charge in [0.1, 0.15) is 6.61 Å². The second-order valence-corrected chi connectivity index (χ2v) is 10.4. The molecule has 1 aromatic heterocycles. The molecule has 2 aliphatic heterocycles. The fourth-order valence-electron chi connectivity index (χ4n) is 6.62. The molecule has 2 atom stereocenters. The summed E-state index contributed by atoms with van der Waals surface area (Å²) in [5.41, 5.74) is 3.20. The molecule has 38 heavy (non-hydrogen) atoms. The van der Waals surface area contributed by atoms with Crippen molar-refractivity contribution in [3.05, 3.63) is 89.2 Å². The van der Waals surface area contributed by atoms with Gasteiger partial charge in [-0.1, -0.05) is 48.5 Å². The number of pyridine rings is 1. The molecule has 6 rings (SSSR count). The van der Waals surface area contributed by atoms with Crippen LogP contribution >= 0.6 is 0 Å². The number of hydrogen-bond donors (Lipinski definition) is 0. The van der Waals surface area contributed by atoms with Crippen LogP contribution in [0.3, 0.4) is 0 Å². The Morgan fingerprint density at radius 2 is 1.53 bits per heavy atom. The van der Waals surface area contributed by atoms with Gasteiger partial charge in [0.25, 0.3) is 0 Å². The Morgan fingerprint density at radius 1 is 0.921 bits per heavy atom. The molecule has 0 radical (unpaired) electrons. The van der Waals surface area contributed by atoms with Crippen LogP contribution in [0.2, 0.25) is 0 Å². The van der Waals surface area contributed by atoms with Crippen molar-refractivity contribution in [3.63, 3.8) is 0 Å². The molecule has 0 spiro atoms. The van der Waals surface area contributed by atoms with Crippen LogP contribution in [0.5, 0.6) is 0 Å². The maximum atomic E-state index is 13.5. The van der Waals surface area contributed by atoms with Crippen molar-refractivity contribution >= 4 is 11.9 Å². The summed E-state index contributed by atoms with van der Waals surface area (Å²) < 4.78 is 46.5. The number of carbonyl (C=O) groups excluding carboxylic acids is 2. The Bertz CT molecular complexity index is 1330. The molecule has 2 fully saturated rings. The molecule has 8 heteroatoms. The lowest BCUT2D eigenvalue weighted by Gasteiger charge is -2.47. The van der Waals surface area contributed by atoms with E-state index < -0.39 is 35.1 Å². The molecular formula is C30H27F3N2O3. The van der Waals surface area contributed by atoms with Gasteiger partial charge in [-0.05, 0) is 60.4 Å². The van der Waals surface area contributed by atoms with Gasteiger partial charge in [-0.15, -0.1) is 0 Å². The fourth-order valence-corrected chi connectivity index (χ4v) is 6.62. The van der Waals surface area contributed by atoms with Crippen LogP contribution in [-0.2, 0) is 10.9 Å². The van der Waals surface area contributed by atoms with Gasteiger partial charge in [0, 0.05) is 41.9 Å². The lowest BCUT2D eigenvalue weighted by Crippen LogP contribution is -2.56. The molecule has 1 amide bonds. The first-order valence-electron chi connectivity index (χ1n) is 13.0. The Labute approximate surface area is 218 Å². The van der Waals surface area contributed by atoms with Crippen molar-refractivity contribution in [2.24, 2.45) is 5.92 Å². The van der Waals surface area contributed by atoms with Crippen LogP contribution in [0, 0.1) is 5.92 Å². The van der Waals surface area contributed by atoms with Crippen LogP contribution in [0.4, 0.5) is 18.0 Å². The zero-order valence-corrected chi connectivity index (χ0v) is 20.7. The number of alkyl halides is 3. The maximum Gasteiger partial charge on any atom is 0.417 e. The van der Waals surface area contributed by atoms with Crippen molar-refractivity contribution in [2.75, 3.05) is 6.61 Å². The number of halogens is 3. The molecule has 196 valence electrons. The van der Waals surface area contributed by atoms with Gasteiger partial charge in [-0.3, -0.25) is 9.78 Å². The molecule has 3 aromatic rings. The quantitative estimate of drug-likeness (QED) is 0.353. The minimum Gasteiger partial charge on any atom is -0.448 e. The molecule has 2 unspecified atom stereocenters. The third kappa shape index (κ3) is 4.25. The number of ketones is 1. The number of amides is 1. The summed E-state index contributed by atoms with van der Waals surface area (Å²) in [6.07, 6.45) is -0.0297. The van der Waals surface area contributed by atoms with E-state index >= 15 is 0 Å². The number of benzene rings is 2. The van der Waals surface area contributed by atoms with Gasteiger partial charge < -0.3 is 9.64 Å². The second-order valence-electron chi connectivity index (χ2n) is 10.4. The number of hydrogen-bond acceptors (Lipinski definition) is 4. The number of ether oxygens (including phenoxy) is 1. The van der Waals surface area contributed by atoms with Gasteiger partial charge in [0.05, 0.1) is 5.56 Å². The zero-order valence-electron chi connectivity index (χ0n) is 20.7. The van der Waals surface area contributed by atoms with E-state index in [4.69, 9.17) is 4.74 Å². The predicted octanol–water partition coefficient (Wildman–Crippen LogP) is 6.87. The normalized spacial score (nSPS) is 22.5. The third-order valence-corrected chi connectivity index (χ3v) is 8.28. The molecule has 3 aliphatic rings. The van der Waals surface area contributed by atoms with E-state index in [1.807, 2.05) is 24.3 Å². The largest absolute Gasteiger partial charge is 0.448 e. The van der Waals surface area contributed by atoms with Crippen molar-refractivity contribution < 1.29 is 27.5 Å². The lowest BCUT2D eigenvalue weighted by molar-refractivity contribution is -0.138. The van der Waals surface area contributed by atoms with Crippen molar-refractivity contribution in [1.29, 1.82) is 0 Å². The smallest absolute Gasteiger partial charge is 0.417 e. The average Bonchev–Trinajstić information content (AvgIpc) is 3.23. The number of rotatable bonds is 4. The Kier molecular flexibility index (Phi) is 6.20. The Morgan fingerprint density at radius 3 is 2.13 bits per heavy atom. The molecular weight excluding hydrogens is 493 g/mol. The molecule has 2 bridgehead atoms. The van der Waals surface area contributed by atoms with E-state index in [0.29, 0.717) is 25.7 Å². The van der Waals surface area contributed by atoms with Gasteiger partial charge in [-0.25, -0.2) is 4.79 Å². The highest BCUT2D eigenvalue weighted by Crippen LogP contribution is 2.45. The number of aromatic nitrogens is 1. The number of Topliss-reactive ketones (excluding diaryl/α,β-unsaturated/α-hetero) is 1. The van der Waals surface area contributed by atoms with Crippen LogP contribution in [0.15, 0.2) is 67.0 Å². The molecule has 0 N–H and O–H groups in total. The van der Waals surface area contributed by atoms with Crippen LogP contribution in [-0.4, -0.2) is 40.5 Å². The van der Waals surface area contributed by atoms with Gasteiger partial charge in [-0.2, -0.15) is 13.2 Å². The van der Waals surface area contributed by atoms with Crippen molar-refractivity contribution in [3.8, 4) is 11.1 Å². The minimum absolute atomic E-state index is 0.0586. The van der Waals surface area contributed by atoms with Crippen LogP contribution < -0.4 is 0 Å². The highest BCUT2D eigenvalue weighted by molar-refractivity contribution is 5.99. The first-order valence-corrected chi connectivity index (χ1v) is 13.0. The predicted molar refractivity (Wildman–Crippen MR) is 135 cm³/mol. The highest BCUT2D eigenvalue weighted by atomic mass is 19.4. The topological polar surface area (TPSA) is 59.5 Å². The molecule has 1 aliphatic carbocycles. The van der Waals surface area contributed by atoms with E-state index in [1.165, 1.54) is 0 Å². The molecule has 2 saturated heterocycles. The van der Waals surface area contributed by atoms with E-state index in [9.17, 15) is 22.8 Å². The summed E-state index contributed by atoms with van der Waals surface area (Å²) >= 11 is 0. The molecule has 3 heterocycles. The maximum absolute atomic E-state index is 13.5. The number of nitrogens with zero attached hydrogens (tertiary/aromatic N) is 2. The van der Waals surface area contributed by atoms with Crippen LogP contribution in [0.1, 0.15) is 65.1 Å². The Balaban J connectivity index is 1.18. The minimum atomic E-state index is -4.63. The standard InChI is InChI=1S/C30H27F3N2O3/c31-30(32,33)27-12-13-34-16-25(27)28(36)18-14-19-6-5-7-20(15-18)35(19)29(37)38-17-26-23-10-3-1-8-21(23)22-9-2-4-11-24(22)26/h1-4,8-13,16,18-20,26H,5-7,14-15,17H2. The average molecular weight is 521 g/mol. The molecule has 5 nitrogen and oxygen atoms in total. The van der Waals surface area contributed by atoms with E-state index in [2.05, 4.69) is 29.2 Å². The summed E-state index contributed by atoms with van der Waals surface area (Å²) in [4.78, 5) is 32.1. The molecule has 2 aromatic carbocycles. The second kappa shape index (κ2) is 9.57. The number of fused-ring (bicyclic) bond motifs is 5. The highest BCUT2D eigenvalue weighted by Gasteiger charge is 2.45. The number of piperidine rings is 2. The van der Waals surface area contributed by atoms with Gasteiger partial charge >= 0.3 is 12.3 Å². The Hall–Kier alpha value is -3.68. The first-order chi connectivity index (χ1) is 18.3. The van der Waals surface area contributed by atoms with Crippen LogP contribution in [0.25, 0.3) is 11.1 Å². The van der Waals surface area contributed by atoms with Crippen molar-refractivity contribution in [1.82, 2.24) is 9.88 Å². The number of carbonyl (C=O) groups is 2. The fraction of sp³-hybridized carbons (Fsp3) is 0.367. The molecule has 0 saturated carbocycles. The summed E-state index contributed by atoms with van der Waals surface area (Å²) in [5, 5.41) is 0. The SMILES string of the molecule is O=C(c1cnccc1C(F)(F)F)C1CC2CCCC(C1)N2C(=O)OCC1c2ccccc2-c2ccccc21. The summed E-state index contributed by atoms with van der Waals surface area (Å²) in [7, 11) is 0. The van der Waals surface area contributed by atoms with Gasteiger partial charge in [0.2, 0.25) is 0 Å². The van der Waals surface area contributed by atoms with E-state index in [1.54, 1.807) is 4.90 Å². The van der Waals surface area contributed by atoms with E-state index in [0.717, 1.165) is 47.1 Å². The van der Waals surface area contributed by atoms with Crippen molar-refractivity contribution in [2.45, 2.75) is 56.3 Å². The summed E-state index contributed by atoms with van der Waals surface area (Å²) in [6, 6.07) is 16.6. The summed E-state index contributed by atoms with van der Waals surface area (Å²) in [6.45, 7) is 0.204. The van der Waals surface area contributed by atoms with E-state index in [-0.39, 0.29) is 24.6 Å². The monoisotopic (exact) mass is 520 g/mol. The summed E-state index contributed by atoms with van der Waals surface area (Å²) in [5.74, 6) is -1.19. The first kappa shape index (κ1) is 24.6.